The average Bonchev–Trinajstić information content (AvgIpc) is 3.21. The van der Waals surface area contributed by atoms with Crippen molar-refractivity contribution in [1.82, 2.24) is 0 Å². The molecule has 0 bridgehead atoms. The number of benzene rings is 1. The molecule has 0 heterocycles. The minimum atomic E-state index is -0.497. The van der Waals surface area contributed by atoms with Crippen LogP contribution in [0.25, 0.3) is 5.57 Å². The molecule has 0 radical (unpaired) electrons. The summed E-state index contributed by atoms with van der Waals surface area (Å²) >= 11 is 0. The first-order valence-corrected chi connectivity index (χ1v) is 7.92. The minimum absolute atomic E-state index is 0.0213. The summed E-state index contributed by atoms with van der Waals surface area (Å²) in [7, 11) is 0. The van der Waals surface area contributed by atoms with Crippen LogP contribution in [-0.4, -0.2) is 12.1 Å². The summed E-state index contributed by atoms with van der Waals surface area (Å²) in [5.74, 6) is 0.583. The van der Waals surface area contributed by atoms with Crippen LogP contribution in [-0.2, 0) is 9.53 Å². The molecule has 0 amide bonds. The third kappa shape index (κ3) is 3.04. The van der Waals surface area contributed by atoms with Gasteiger partial charge < -0.3 is 4.74 Å². The summed E-state index contributed by atoms with van der Waals surface area (Å²) in [5.41, 5.74) is 1.74. The van der Waals surface area contributed by atoms with Crippen LogP contribution in [0.3, 0.4) is 0 Å². The van der Waals surface area contributed by atoms with Gasteiger partial charge in [-0.05, 0) is 29.4 Å². The zero-order chi connectivity index (χ0) is 15.6. The van der Waals surface area contributed by atoms with E-state index >= 15 is 0 Å². The summed E-state index contributed by atoms with van der Waals surface area (Å²) in [6.07, 6.45) is 2.80. The number of rotatable bonds is 6. The largest absolute Gasteiger partial charge is 0.461 e. The van der Waals surface area contributed by atoms with E-state index in [-0.39, 0.29) is 12.1 Å². The molecule has 1 aromatic rings. The lowest BCUT2D eigenvalue weighted by atomic mass is 9.92. The number of hydrogen-bond acceptors (Lipinski definition) is 2. The van der Waals surface area contributed by atoms with Crippen molar-refractivity contribution in [1.29, 1.82) is 0 Å². The molecule has 114 valence electrons. The van der Waals surface area contributed by atoms with Crippen LogP contribution < -0.4 is 0 Å². The molecule has 0 aliphatic heterocycles. The molecule has 0 aromatic heterocycles. The Kier molecular flexibility index (Phi) is 4.55. The van der Waals surface area contributed by atoms with Crippen molar-refractivity contribution in [3.8, 4) is 0 Å². The first kappa shape index (κ1) is 15.8. The van der Waals surface area contributed by atoms with Crippen molar-refractivity contribution in [2.75, 3.05) is 0 Å². The van der Waals surface area contributed by atoms with Crippen molar-refractivity contribution in [3.05, 3.63) is 42.0 Å². The lowest BCUT2D eigenvalue weighted by molar-refractivity contribution is -0.159. The number of carbonyl (C=O) groups excluding carboxylic acids is 1. The van der Waals surface area contributed by atoms with Gasteiger partial charge in [-0.3, -0.25) is 4.79 Å². The maximum absolute atomic E-state index is 12.7. The van der Waals surface area contributed by atoms with Gasteiger partial charge in [0, 0.05) is 0 Å². The summed E-state index contributed by atoms with van der Waals surface area (Å²) in [6.45, 7) is 10.5. The molecule has 0 N–H and O–H groups in total. The van der Waals surface area contributed by atoms with Gasteiger partial charge in [-0.25, -0.2) is 0 Å². The van der Waals surface area contributed by atoms with Crippen molar-refractivity contribution in [3.63, 3.8) is 0 Å². The molecule has 0 saturated heterocycles. The zero-order valence-electron chi connectivity index (χ0n) is 13.7. The molecule has 1 atom stereocenters. The predicted octanol–water partition coefficient (Wildman–Crippen LogP) is 4.70. The number of carbonyl (C=O) groups is 1. The Balaban J connectivity index is 2.12. The van der Waals surface area contributed by atoms with Crippen LogP contribution in [0.2, 0.25) is 0 Å². The molecule has 2 rings (SSSR count). The zero-order valence-corrected chi connectivity index (χ0v) is 13.7. The second kappa shape index (κ2) is 6.05. The topological polar surface area (TPSA) is 26.3 Å². The van der Waals surface area contributed by atoms with Gasteiger partial charge >= 0.3 is 5.97 Å². The molecule has 0 saturated carbocycles. The fraction of sp³-hybridized carbons (Fsp3) is 0.526. The van der Waals surface area contributed by atoms with Crippen molar-refractivity contribution in [2.24, 2.45) is 17.3 Å². The minimum Gasteiger partial charge on any atom is -0.461 e. The fourth-order valence-corrected chi connectivity index (χ4v) is 3.05. The third-order valence-corrected chi connectivity index (χ3v) is 4.35. The predicted molar refractivity (Wildman–Crippen MR) is 86.7 cm³/mol. The Morgan fingerprint density at radius 3 is 2.14 bits per heavy atom. The summed E-state index contributed by atoms with van der Waals surface area (Å²) in [6, 6.07) is 10.1. The summed E-state index contributed by atoms with van der Waals surface area (Å²) in [5, 5.41) is 0. The monoisotopic (exact) mass is 286 g/mol. The molecule has 0 spiro atoms. The van der Waals surface area contributed by atoms with E-state index < -0.39 is 5.41 Å². The number of hydrogen-bond donors (Lipinski definition) is 0. The maximum atomic E-state index is 12.7. The van der Waals surface area contributed by atoms with Gasteiger partial charge in [0.15, 0.2) is 0 Å². The Morgan fingerprint density at radius 2 is 1.67 bits per heavy atom. The molecular weight excluding hydrogens is 260 g/mol. The van der Waals surface area contributed by atoms with Gasteiger partial charge in [0.2, 0.25) is 0 Å². The first-order valence-electron chi connectivity index (χ1n) is 7.92. The molecule has 0 fully saturated rings. The molecular formula is C19H26O2. The molecule has 2 nitrogen and oxygen atoms in total. The number of ether oxygens (including phenoxy) is 1. The molecule has 2 heteroatoms. The maximum Gasteiger partial charge on any atom is 0.320 e. The summed E-state index contributed by atoms with van der Waals surface area (Å²) < 4.78 is 5.85. The normalized spacial score (nSPS) is 20.9. The highest BCUT2D eigenvalue weighted by atomic mass is 16.5. The van der Waals surface area contributed by atoms with E-state index in [0.29, 0.717) is 11.8 Å². The van der Waals surface area contributed by atoms with Crippen LogP contribution >= 0.6 is 0 Å². The van der Waals surface area contributed by atoms with E-state index in [1.807, 2.05) is 25.1 Å². The van der Waals surface area contributed by atoms with E-state index in [0.717, 1.165) is 17.6 Å². The standard InChI is InChI=1S/C19H26O2/c1-6-19(12-16(19)15-10-8-7-9-11-15)18(20)21-17(13(2)3)14(4)5/h7-14,17H,6H2,1-5H3/t19-/m1/s1. The molecule has 21 heavy (non-hydrogen) atoms. The SMILES string of the molecule is CC[C@@]1(C(=O)OC(C(C)C)C(C)C)C=C1c1ccccc1. The highest BCUT2D eigenvalue weighted by molar-refractivity contribution is 6.05. The second-order valence-electron chi connectivity index (χ2n) is 6.61. The van der Waals surface area contributed by atoms with Crippen molar-refractivity contribution < 1.29 is 9.53 Å². The number of esters is 1. The van der Waals surface area contributed by atoms with E-state index in [4.69, 9.17) is 4.74 Å². The van der Waals surface area contributed by atoms with Gasteiger partial charge in [0.25, 0.3) is 0 Å². The first-order chi connectivity index (χ1) is 9.92. The van der Waals surface area contributed by atoms with Crippen LogP contribution in [0.15, 0.2) is 36.4 Å². The van der Waals surface area contributed by atoms with Gasteiger partial charge in [0.1, 0.15) is 11.5 Å². The van der Waals surface area contributed by atoms with Crippen LogP contribution in [0.1, 0.15) is 46.6 Å². The Bertz CT molecular complexity index is 520. The lowest BCUT2D eigenvalue weighted by Crippen LogP contribution is -2.33. The molecule has 1 aliphatic rings. The van der Waals surface area contributed by atoms with E-state index in [1.54, 1.807) is 0 Å². The lowest BCUT2D eigenvalue weighted by Gasteiger charge is -2.27. The Hall–Kier alpha value is -1.57. The van der Waals surface area contributed by atoms with Gasteiger partial charge in [-0.1, -0.05) is 71.0 Å². The van der Waals surface area contributed by atoms with Gasteiger partial charge in [0.05, 0.1) is 0 Å². The van der Waals surface area contributed by atoms with E-state index in [9.17, 15) is 4.79 Å². The van der Waals surface area contributed by atoms with Gasteiger partial charge in [-0.2, -0.15) is 0 Å². The van der Waals surface area contributed by atoms with Crippen molar-refractivity contribution >= 4 is 11.5 Å². The molecule has 0 unspecified atom stereocenters. The van der Waals surface area contributed by atoms with Crippen molar-refractivity contribution in [2.45, 2.75) is 47.1 Å². The third-order valence-electron chi connectivity index (χ3n) is 4.35. The molecule has 1 aliphatic carbocycles. The van der Waals surface area contributed by atoms with Crippen LogP contribution in [0.4, 0.5) is 0 Å². The highest BCUT2D eigenvalue weighted by Crippen LogP contribution is 2.54. The Morgan fingerprint density at radius 1 is 1.10 bits per heavy atom. The second-order valence-corrected chi connectivity index (χ2v) is 6.61. The van der Waals surface area contributed by atoms with E-state index in [1.165, 1.54) is 0 Å². The van der Waals surface area contributed by atoms with Gasteiger partial charge in [-0.15, -0.1) is 0 Å². The highest BCUT2D eigenvalue weighted by Gasteiger charge is 2.52. The quantitative estimate of drug-likeness (QED) is 0.708. The van der Waals surface area contributed by atoms with Crippen LogP contribution in [0.5, 0.6) is 0 Å². The Labute approximate surface area is 128 Å². The van der Waals surface area contributed by atoms with E-state index in [2.05, 4.69) is 45.9 Å². The molecule has 1 aromatic carbocycles. The summed E-state index contributed by atoms with van der Waals surface area (Å²) in [4.78, 5) is 12.7. The fourth-order valence-electron chi connectivity index (χ4n) is 3.05. The average molecular weight is 286 g/mol. The smallest absolute Gasteiger partial charge is 0.320 e. The van der Waals surface area contributed by atoms with Crippen LogP contribution in [0, 0.1) is 17.3 Å².